The van der Waals surface area contributed by atoms with Gasteiger partial charge in [0.2, 0.25) is 0 Å². The van der Waals surface area contributed by atoms with Crippen molar-refractivity contribution in [2.24, 2.45) is 0 Å². The summed E-state index contributed by atoms with van der Waals surface area (Å²) >= 11 is 0. The molecular weight excluding hydrogens is 90.1 g/mol. The Kier molecular flexibility index (Phi) is 12.4. The lowest BCUT2D eigenvalue weighted by molar-refractivity contribution is -0.486. The molecule has 42 valence electrons. The number of hydrogen-bond acceptors (Lipinski definition) is 1. The normalized spacial score (nSPS) is 5.57. The van der Waals surface area contributed by atoms with Crippen molar-refractivity contribution in [1.29, 1.82) is 0 Å². The molecule has 0 N–H and O–H groups in total. The van der Waals surface area contributed by atoms with E-state index in [0.717, 1.165) is 4.76 Å². The molecule has 0 saturated carbocycles. The van der Waals surface area contributed by atoms with E-state index in [1.807, 2.05) is 6.92 Å². The molecule has 0 amide bonds. The molecule has 0 aromatic heterocycles. The lowest BCUT2D eigenvalue weighted by Crippen LogP contribution is -1.83. The van der Waals surface area contributed by atoms with Gasteiger partial charge >= 0.3 is 0 Å². The zero-order chi connectivity index (χ0) is 6.28. The molecular formula is C5H12NO+. The zero-order valence-electron chi connectivity index (χ0n) is 5.14. The van der Waals surface area contributed by atoms with Crippen LogP contribution in [0.2, 0.25) is 0 Å². The summed E-state index contributed by atoms with van der Waals surface area (Å²) in [6.07, 6.45) is 1.75. The van der Waals surface area contributed by atoms with Crippen molar-refractivity contribution in [1.82, 2.24) is 0 Å². The van der Waals surface area contributed by atoms with Crippen molar-refractivity contribution >= 4 is 0 Å². The average molecular weight is 102 g/mol. The van der Waals surface area contributed by atoms with E-state index in [0.29, 0.717) is 0 Å². The van der Waals surface area contributed by atoms with Crippen LogP contribution in [0.5, 0.6) is 0 Å². The van der Waals surface area contributed by atoms with Crippen LogP contribution in [-0.2, 0) is 0 Å². The van der Waals surface area contributed by atoms with E-state index in [1.54, 1.807) is 6.08 Å². The van der Waals surface area contributed by atoms with Gasteiger partial charge in [0.05, 0.1) is 0 Å². The van der Waals surface area contributed by atoms with Crippen LogP contribution in [0.1, 0.15) is 6.92 Å². The van der Waals surface area contributed by atoms with E-state index in [9.17, 15) is 4.91 Å². The Hall–Kier alpha value is -0.660. The maximum absolute atomic E-state index is 9.36. The number of nitrogens with zero attached hydrogens (tertiary/aromatic N) is 1. The molecule has 0 aliphatic carbocycles. The Morgan fingerprint density at radius 1 is 1.57 bits per heavy atom. The largest absolute Gasteiger partial charge is 0.182 e. The summed E-state index contributed by atoms with van der Waals surface area (Å²) < 4.78 is 0.750. The molecule has 0 unspecified atom stereocenters. The van der Waals surface area contributed by atoms with E-state index >= 15 is 0 Å². The lowest BCUT2D eigenvalue weighted by atomic mass is 10.8. The minimum absolute atomic E-state index is 0.750. The van der Waals surface area contributed by atoms with Gasteiger partial charge in [0.15, 0.2) is 14.1 Å². The maximum atomic E-state index is 9.36. The first-order valence-corrected chi connectivity index (χ1v) is 2.06. The highest BCUT2D eigenvalue weighted by molar-refractivity contribution is 4.51. The Morgan fingerprint density at radius 3 is 1.57 bits per heavy atom. The third kappa shape index (κ3) is 137. The summed E-state index contributed by atoms with van der Waals surface area (Å²) in [6, 6.07) is 0. The van der Waals surface area contributed by atoms with Crippen molar-refractivity contribution in [3.8, 4) is 0 Å². The van der Waals surface area contributed by atoms with Crippen molar-refractivity contribution in [3.05, 3.63) is 17.6 Å². The fraction of sp³-hybridized carbons (Fsp3) is 0.600. The van der Waals surface area contributed by atoms with Crippen LogP contribution in [0.3, 0.4) is 0 Å². The molecule has 7 heavy (non-hydrogen) atoms. The highest BCUT2D eigenvalue weighted by atomic mass is 16.3. The van der Waals surface area contributed by atoms with Gasteiger partial charge in [-0.05, 0) is 11.7 Å². The predicted octanol–water partition coefficient (Wildman–Crippen LogP) is 1.22. The highest BCUT2D eigenvalue weighted by Crippen LogP contribution is 1.38. The number of hydrogen-bond donors (Lipinski definition) is 0. The van der Waals surface area contributed by atoms with E-state index < -0.39 is 0 Å². The molecule has 0 rings (SSSR count). The lowest BCUT2D eigenvalue weighted by Gasteiger charge is -1.51. The van der Waals surface area contributed by atoms with Gasteiger partial charge in [-0.25, -0.2) is 0 Å². The molecule has 2 heteroatoms. The standard InChI is InChI=1S/C3H6.C2H6NO/c1-3-2;1-3(2)4/h3H,1H2,2H3;1-2H3/q;+1. The Morgan fingerprint density at radius 2 is 1.57 bits per heavy atom. The third-order valence-corrected chi connectivity index (χ3v) is 0. The van der Waals surface area contributed by atoms with E-state index in [1.165, 1.54) is 14.1 Å². The fourth-order valence-electron chi connectivity index (χ4n) is 0. The summed E-state index contributed by atoms with van der Waals surface area (Å²) in [5.74, 6) is 0. The van der Waals surface area contributed by atoms with Gasteiger partial charge in [0.1, 0.15) is 0 Å². The summed E-state index contributed by atoms with van der Waals surface area (Å²) in [4.78, 5) is 9.36. The average Bonchev–Trinajstić information content (AvgIpc) is 1.33. The van der Waals surface area contributed by atoms with E-state index in [2.05, 4.69) is 6.58 Å². The quantitative estimate of drug-likeness (QED) is 0.332. The second-order valence-electron chi connectivity index (χ2n) is 1.22. The van der Waals surface area contributed by atoms with E-state index in [4.69, 9.17) is 0 Å². The van der Waals surface area contributed by atoms with Crippen LogP contribution in [0.4, 0.5) is 0 Å². The Bertz CT molecular complexity index is 55.1. The monoisotopic (exact) mass is 102 g/mol. The predicted molar refractivity (Wildman–Crippen MR) is 31.3 cm³/mol. The van der Waals surface area contributed by atoms with Gasteiger partial charge < -0.3 is 0 Å². The van der Waals surface area contributed by atoms with Crippen LogP contribution < -0.4 is 0 Å². The molecule has 0 heterocycles. The van der Waals surface area contributed by atoms with Gasteiger partial charge in [-0.15, -0.1) is 6.58 Å². The van der Waals surface area contributed by atoms with Crippen molar-refractivity contribution in [2.75, 3.05) is 14.1 Å². The maximum Gasteiger partial charge on any atom is 0.182 e. The number of allylic oxidation sites excluding steroid dienone is 1. The topological polar surface area (TPSA) is 20.1 Å². The molecule has 0 saturated heterocycles. The Labute approximate surface area is 44.4 Å². The molecule has 0 aromatic carbocycles. The van der Waals surface area contributed by atoms with Crippen LogP contribution in [0.25, 0.3) is 0 Å². The summed E-state index contributed by atoms with van der Waals surface area (Å²) in [5.41, 5.74) is 0. The van der Waals surface area contributed by atoms with Crippen molar-refractivity contribution < 1.29 is 4.76 Å². The molecule has 2 nitrogen and oxygen atoms in total. The molecule has 0 atom stereocenters. The second-order valence-corrected chi connectivity index (χ2v) is 1.22. The minimum Gasteiger partial charge on any atom is -0.103 e. The van der Waals surface area contributed by atoms with Gasteiger partial charge in [-0.3, -0.25) is 0 Å². The van der Waals surface area contributed by atoms with Crippen LogP contribution in [0.15, 0.2) is 12.7 Å². The number of rotatable bonds is 0. The molecule has 0 radical (unpaired) electrons. The fourth-order valence-corrected chi connectivity index (χ4v) is 0. The Balaban J connectivity index is 0. The van der Waals surface area contributed by atoms with Crippen molar-refractivity contribution in [2.45, 2.75) is 6.92 Å². The molecule has 0 bridgehead atoms. The summed E-state index contributed by atoms with van der Waals surface area (Å²) in [5, 5.41) is 0. The minimum atomic E-state index is 0.750. The third-order valence-electron chi connectivity index (χ3n) is 0. The second kappa shape index (κ2) is 9.02. The first-order chi connectivity index (χ1) is 3.15. The smallest absolute Gasteiger partial charge is 0.103 e. The molecule has 0 aliphatic heterocycles. The first kappa shape index (κ1) is 9.60. The van der Waals surface area contributed by atoms with Crippen LogP contribution >= 0.6 is 0 Å². The van der Waals surface area contributed by atoms with Gasteiger partial charge in [0.25, 0.3) is 0 Å². The summed E-state index contributed by atoms with van der Waals surface area (Å²) in [6.45, 7) is 5.25. The molecule has 0 aromatic rings. The van der Waals surface area contributed by atoms with Gasteiger partial charge in [0, 0.05) is 4.91 Å². The zero-order valence-corrected chi connectivity index (χ0v) is 5.14. The van der Waals surface area contributed by atoms with Crippen molar-refractivity contribution in [3.63, 3.8) is 0 Å². The summed E-state index contributed by atoms with van der Waals surface area (Å²) in [7, 11) is 2.89. The van der Waals surface area contributed by atoms with Gasteiger partial charge in [-0.1, -0.05) is 6.08 Å². The molecule has 0 fully saturated rings. The molecule has 0 aliphatic rings. The number of nitroso groups, excluding NO2 is 1. The van der Waals surface area contributed by atoms with Crippen LogP contribution in [0, 0.1) is 4.91 Å². The molecule has 0 spiro atoms. The van der Waals surface area contributed by atoms with Gasteiger partial charge in [-0.2, -0.15) is 0 Å². The SMILES string of the molecule is C=CC.C[N+](C)=O. The first-order valence-electron chi connectivity index (χ1n) is 2.06. The van der Waals surface area contributed by atoms with E-state index in [-0.39, 0.29) is 0 Å². The highest BCUT2D eigenvalue weighted by Gasteiger charge is 1.66. The van der Waals surface area contributed by atoms with Crippen LogP contribution in [-0.4, -0.2) is 18.9 Å².